The van der Waals surface area contributed by atoms with Crippen LogP contribution in [-0.2, 0) is 32.1 Å². The van der Waals surface area contributed by atoms with Crippen LogP contribution in [0.4, 0.5) is 10.3 Å². The molecule has 2 aromatic carbocycles. The molecule has 1 aliphatic rings. The molecule has 0 unspecified atom stereocenters. The topological polar surface area (TPSA) is 88.5 Å². The Bertz CT molecular complexity index is 1620. The van der Waals surface area contributed by atoms with Gasteiger partial charge in [0.1, 0.15) is 5.82 Å². The lowest BCUT2D eigenvalue weighted by atomic mass is 9.87. The summed E-state index contributed by atoms with van der Waals surface area (Å²) in [5.41, 5.74) is 2.48. The van der Waals surface area contributed by atoms with Gasteiger partial charge in [0.15, 0.2) is 11.2 Å². The SMILES string of the molecule is Cn1c(=O)n(CCO)c(=O)c2c1nc(N1CCN(Cc3ccc(C(C)(C)C)cc3)CC1)n2Cc1ccccc1F. The molecule has 0 saturated carbocycles. The van der Waals surface area contributed by atoms with Crippen molar-refractivity contribution in [2.24, 2.45) is 7.05 Å². The average Bonchev–Trinajstić information content (AvgIpc) is 3.31. The van der Waals surface area contributed by atoms with E-state index in [-0.39, 0.29) is 42.1 Å². The quantitative estimate of drug-likeness (QED) is 0.382. The summed E-state index contributed by atoms with van der Waals surface area (Å²) in [6.07, 6.45) is 0. The molecule has 0 spiro atoms. The highest BCUT2D eigenvalue weighted by Crippen LogP contribution is 2.25. The van der Waals surface area contributed by atoms with Crippen molar-refractivity contribution in [1.82, 2.24) is 23.6 Å². The fourth-order valence-electron chi connectivity index (χ4n) is 5.32. The number of fused-ring (bicyclic) bond motifs is 1. The van der Waals surface area contributed by atoms with Crippen molar-refractivity contribution in [1.29, 1.82) is 0 Å². The summed E-state index contributed by atoms with van der Waals surface area (Å²) in [6, 6.07) is 15.2. The van der Waals surface area contributed by atoms with E-state index in [1.165, 1.54) is 21.8 Å². The molecule has 0 bridgehead atoms. The Kier molecular flexibility index (Phi) is 7.65. The molecule has 10 heteroatoms. The van der Waals surface area contributed by atoms with Crippen molar-refractivity contribution in [3.05, 3.63) is 91.9 Å². The number of aliphatic hydroxyl groups is 1. The van der Waals surface area contributed by atoms with Crippen molar-refractivity contribution in [3.8, 4) is 0 Å². The van der Waals surface area contributed by atoms with E-state index in [0.717, 1.165) is 24.2 Å². The molecule has 1 saturated heterocycles. The highest BCUT2D eigenvalue weighted by atomic mass is 19.1. The summed E-state index contributed by atoms with van der Waals surface area (Å²) in [4.78, 5) is 35.6. The molecule has 1 aliphatic heterocycles. The number of hydrogen-bond acceptors (Lipinski definition) is 6. The zero-order chi connectivity index (χ0) is 28.6. The van der Waals surface area contributed by atoms with Gasteiger partial charge >= 0.3 is 5.69 Å². The molecule has 0 radical (unpaired) electrons. The van der Waals surface area contributed by atoms with Gasteiger partial charge in [-0.1, -0.05) is 63.2 Å². The predicted octanol–water partition coefficient (Wildman–Crippen LogP) is 2.70. The van der Waals surface area contributed by atoms with Gasteiger partial charge in [-0.2, -0.15) is 4.98 Å². The molecule has 3 heterocycles. The molecule has 9 nitrogen and oxygen atoms in total. The number of aryl methyl sites for hydroxylation is 1. The number of piperazine rings is 1. The second kappa shape index (κ2) is 11.0. The molecule has 0 aliphatic carbocycles. The van der Waals surface area contributed by atoms with E-state index in [2.05, 4.69) is 54.8 Å². The fraction of sp³-hybridized carbons (Fsp3) is 0.433. The molecule has 2 aromatic heterocycles. The second-order valence-corrected chi connectivity index (χ2v) is 11.5. The Morgan fingerprint density at radius 2 is 1.60 bits per heavy atom. The first-order valence-electron chi connectivity index (χ1n) is 13.7. The summed E-state index contributed by atoms with van der Waals surface area (Å²) in [5.74, 6) is 0.152. The number of aliphatic hydroxyl groups excluding tert-OH is 1. The molecule has 4 aromatic rings. The lowest BCUT2D eigenvalue weighted by Crippen LogP contribution is -2.47. The zero-order valence-corrected chi connectivity index (χ0v) is 23.6. The first-order chi connectivity index (χ1) is 19.1. The van der Waals surface area contributed by atoms with Gasteiger partial charge in [-0.25, -0.2) is 9.18 Å². The molecule has 0 amide bonds. The fourth-order valence-corrected chi connectivity index (χ4v) is 5.32. The van der Waals surface area contributed by atoms with Crippen LogP contribution in [0.25, 0.3) is 11.2 Å². The third kappa shape index (κ3) is 5.33. The smallest absolute Gasteiger partial charge is 0.332 e. The Morgan fingerprint density at radius 1 is 0.925 bits per heavy atom. The number of hydrogen-bond donors (Lipinski definition) is 1. The summed E-state index contributed by atoms with van der Waals surface area (Å²) in [5, 5.41) is 9.47. The molecular formula is C30H37FN6O3. The van der Waals surface area contributed by atoms with Gasteiger partial charge in [-0.3, -0.25) is 23.4 Å². The maximum absolute atomic E-state index is 14.7. The summed E-state index contributed by atoms with van der Waals surface area (Å²) < 4.78 is 18.8. The Balaban J connectivity index is 1.46. The zero-order valence-electron chi connectivity index (χ0n) is 23.6. The van der Waals surface area contributed by atoms with Gasteiger partial charge in [0, 0.05) is 45.3 Å². The predicted molar refractivity (Wildman–Crippen MR) is 154 cm³/mol. The number of rotatable bonds is 7. The van der Waals surface area contributed by atoms with Crippen molar-refractivity contribution < 1.29 is 9.50 Å². The van der Waals surface area contributed by atoms with Gasteiger partial charge in [0.25, 0.3) is 5.56 Å². The number of aromatic nitrogens is 4. The molecule has 1 N–H and O–H groups in total. The largest absolute Gasteiger partial charge is 0.395 e. The van der Waals surface area contributed by atoms with Gasteiger partial charge in [0.2, 0.25) is 5.95 Å². The summed E-state index contributed by atoms with van der Waals surface area (Å²) in [6.45, 7) is 9.98. The number of halogens is 1. The highest BCUT2D eigenvalue weighted by Gasteiger charge is 2.27. The average molecular weight is 549 g/mol. The maximum Gasteiger partial charge on any atom is 0.332 e. The third-order valence-electron chi connectivity index (χ3n) is 7.70. The van der Waals surface area contributed by atoms with E-state index in [4.69, 9.17) is 4.98 Å². The van der Waals surface area contributed by atoms with Gasteiger partial charge < -0.3 is 10.0 Å². The Labute approximate surface area is 232 Å². The van der Waals surface area contributed by atoms with Crippen molar-refractivity contribution in [2.75, 3.05) is 37.7 Å². The molecule has 5 rings (SSSR count). The minimum absolute atomic E-state index is 0.0887. The Morgan fingerprint density at radius 3 is 2.23 bits per heavy atom. The molecule has 0 atom stereocenters. The molecule has 212 valence electrons. The van der Waals surface area contributed by atoms with E-state index in [0.29, 0.717) is 24.6 Å². The highest BCUT2D eigenvalue weighted by molar-refractivity contribution is 5.75. The van der Waals surface area contributed by atoms with Gasteiger partial charge in [0.05, 0.1) is 19.7 Å². The van der Waals surface area contributed by atoms with E-state index in [9.17, 15) is 19.1 Å². The monoisotopic (exact) mass is 548 g/mol. The van der Waals surface area contributed by atoms with E-state index in [1.807, 2.05) is 0 Å². The first-order valence-corrected chi connectivity index (χ1v) is 13.7. The van der Waals surface area contributed by atoms with Crippen LogP contribution in [0.3, 0.4) is 0 Å². The second-order valence-electron chi connectivity index (χ2n) is 11.5. The minimum atomic E-state index is -0.545. The standard InChI is InChI=1S/C30H37FN6O3/c1-30(2,3)23-11-9-21(10-12-23)19-34-13-15-35(16-14-34)28-32-26-25(27(39)36(17-18-38)29(40)33(26)4)37(28)20-22-7-5-6-8-24(22)31/h5-12,38H,13-20H2,1-4H3. The molecule has 1 fully saturated rings. The number of nitrogens with zero attached hydrogens (tertiary/aromatic N) is 6. The van der Waals surface area contributed by atoms with Crippen LogP contribution in [0, 0.1) is 5.82 Å². The van der Waals surface area contributed by atoms with E-state index >= 15 is 0 Å². The van der Waals surface area contributed by atoms with Crippen LogP contribution in [0.1, 0.15) is 37.5 Å². The van der Waals surface area contributed by atoms with Crippen LogP contribution in [-0.4, -0.2) is 61.5 Å². The minimum Gasteiger partial charge on any atom is -0.395 e. The van der Waals surface area contributed by atoms with Crippen LogP contribution in [0.15, 0.2) is 58.1 Å². The van der Waals surface area contributed by atoms with Crippen molar-refractivity contribution in [3.63, 3.8) is 0 Å². The van der Waals surface area contributed by atoms with Crippen LogP contribution >= 0.6 is 0 Å². The Hall–Kier alpha value is -3.76. The first kappa shape index (κ1) is 27.8. The van der Waals surface area contributed by atoms with Crippen LogP contribution in [0.2, 0.25) is 0 Å². The lowest BCUT2D eigenvalue weighted by Gasteiger charge is -2.35. The number of benzene rings is 2. The van der Waals surface area contributed by atoms with Crippen LogP contribution in [0.5, 0.6) is 0 Å². The van der Waals surface area contributed by atoms with Crippen LogP contribution < -0.4 is 16.1 Å². The summed E-state index contributed by atoms with van der Waals surface area (Å²) in [7, 11) is 1.56. The third-order valence-corrected chi connectivity index (χ3v) is 7.70. The van der Waals surface area contributed by atoms with Gasteiger partial charge in [-0.05, 0) is 22.6 Å². The lowest BCUT2D eigenvalue weighted by molar-refractivity contribution is 0.248. The molecular weight excluding hydrogens is 511 g/mol. The van der Waals surface area contributed by atoms with Crippen molar-refractivity contribution >= 4 is 17.1 Å². The number of anilines is 1. The van der Waals surface area contributed by atoms with Crippen molar-refractivity contribution in [2.45, 2.75) is 45.8 Å². The van der Waals surface area contributed by atoms with E-state index in [1.54, 1.807) is 29.8 Å². The maximum atomic E-state index is 14.7. The molecule has 40 heavy (non-hydrogen) atoms. The number of imidazole rings is 1. The normalized spacial score (nSPS) is 14.8. The summed E-state index contributed by atoms with van der Waals surface area (Å²) >= 11 is 0. The van der Waals surface area contributed by atoms with E-state index < -0.39 is 11.2 Å². The van der Waals surface area contributed by atoms with Gasteiger partial charge in [-0.15, -0.1) is 0 Å².